The predicted octanol–water partition coefficient (Wildman–Crippen LogP) is 2.76. The zero-order valence-electron chi connectivity index (χ0n) is 10.2. The van der Waals surface area contributed by atoms with Gasteiger partial charge in [-0.2, -0.15) is 0 Å². The van der Waals surface area contributed by atoms with E-state index in [1.54, 1.807) is 0 Å². The number of amides is 1. The fraction of sp³-hybridized carbons (Fsp3) is 0.0909. The second-order valence-electron chi connectivity index (χ2n) is 3.61. The van der Waals surface area contributed by atoms with Gasteiger partial charge in [0.25, 0.3) is 5.91 Å². The summed E-state index contributed by atoms with van der Waals surface area (Å²) in [4.78, 5) is 22.4. The van der Waals surface area contributed by atoms with Crippen molar-refractivity contribution >= 4 is 51.7 Å². The van der Waals surface area contributed by atoms with Gasteiger partial charge >= 0.3 is 5.97 Å². The van der Waals surface area contributed by atoms with Crippen molar-refractivity contribution in [1.29, 1.82) is 0 Å². The molecule has 1 amide bonds. The summed E-state index contributed by atoms with van der Waals surface area (Å²) in [5, 5.41) is 18.4. The average Bonchev–Trinajstić information content (AvgIpc) is 2.83. The third kappa shape index (κ3) is 4.13. The highest BCUT2D eigenvalue weighted by Crippen LogP contribution is 2.26. The lowest BCUT2D eigenvalue weighted by atomic mass is 10.2. The first-order chi connectivity index (χ1) is 9.97. The van der Waals surface area contributed by atoms with Crippen LogP contribution in [0, 0.1) is 5.82 Å². The van der Waals surface area contributed by atoms with E-state index in [4.69, 9.17) is 16.7 Å². The Morgan fingerprint density at radius 3 is 2.86 bits per heavy atom. The fourth-order valence-corrected chi connectivity index (χ4v) is 3.03. The number of benzene rings is 1. The van der Waals surface area contributed by atoms with Crippen molar-refractivity contribution < 1.29 is 19.1 Å². The van der Waals surface area contributed by atoms with Crippen LogP contribution in [0.15, 0.2) is 22.5 Å². The summed E-state index contributed by atoms with van der Waals surface area (Å²) in [6.07, 6.45) is 0. The summed E-state index contributed by atoms with van der Waals surface area (Å²) in [6.45, 7) is 0. The molecule has 0 fully saturated rings. The highest BCUT2D eigenvalue weighted by Gasteiger charge is 2.17. The van der Waals surface area contributed by atoms with Crippen molar-refractivity contribution in [3.63, 3.8) is 0 Å². The molecule has 0 atom stereocenters. The lowest BCUT2D eigenvalue weighted by Gasteiger charge is -2.04. The lowest BCUT2D eigenvalue weighted by Crippen LogP contribution is -2.14. The van der Waals surface area contributed by atoms with Crippen LogP contribution in [0.1, 0.15) is 10.4 Å². The number of carboxylic acids is 1. The quantitative estimate of drug-likeness (QED) is 0.638. The molecule has 0 spiro atoms. The number of nitrogens with zero attached hydrogens (tertiary/aromatic N) is 2. The molecule has 0 radical (unpaired) electrons. The summed E-state index contributed by atoms with van der Waals surface area (Å²) in [6, 6.07) is 3.91. The summed E-state index contributed by atoms with van der Waals surface area (Å²) in [5.41, 5.74) is -0.283. The zero-order valence-corrected chi connectivity index (χ0v) is 12.6. The zero-order chi connectivity index (χ0) is 15.4. The number of carbonyl (C=O) groups excluding carboxylic acids is 1. The van der Waals surface area contributed by atoms with E-state index in [9.17, 15) is 14.0 Å². The van der Waals surface area contributed by atoms with Crippen LogP contribution < -0.4 is 5.32 Å². The predicted molar refractivity (Wildman–Crippen MR) is 77.6 cm³/mol. The van der Waals surface area contributed by atoms with Crippen LogP contribution in [0.25, 0.3) is 0 Å². The Hall–Kier alpha value is -1.71. The molecule has 0 bridgehead atoms. The van der Waals surface area contributed by atoms with Gasteiger partial charge in [0, 0.05) is 0 Å². The molecule has 0 saturated heterocycles. The molecule has 110 valence electrons. The van der Waals surface area contributed by atoms with Crippen LogP contribution in [0.2, 0.25) is 5.02 Å². The molecule has 0 unspecified atom stereocenters. The molecule has 0 aliphatic carbocycles. The Morgan fingerprint density at radius 1 is 1.43 bits per heavy atom. The molecule has 1 heterocycles. The van der Waals surface area contributed by atoms with Crippen LogP contribution in [0.5, 0.6) is 0 Å². The second-order valence-corrected chi connectivity index (χ2v) is 6.21. The van der Waals surface area contributed by atoms with Crippen molar-refractivity contribution in [3.05, 3.63) is 34.6 Å². The molecule has 2 aromatic rings. The van der Waals surface area contributed by atoms with E-state index < -0.39 is 17.7 Å². The number of hydrogen-bond acceptors (Lipinski definition) is 6. The van der Waals surface area contributed by atoms with Gasteiger partial charge < -0.3 is 5.11 Å². The van der Waals surface area contributed by atoms with Crippen molar-refractivity contribution in [2.45, 2.75) is 4.34 Å². The molecule has 0 aliphatic heterocycles. The van der Waals surface area contributed by atoms with E-state index in [0.717, 1.165) is 29.2 Å². The third-order valence-electron chi connectivity index (χ3n) is 2.14. The number of nitrogens with one attached hydrogen (secondary N) is 1. The Morgan fingerprint density at radius 2 is 2.19 bits per heavy atom. The van der Waals surface area contributed by atoms with Gasteiger partial charge in [-0.1, -0.05) is 40.8 Å². The third-order valence-corrected chi connectivity index (χ3v) is 4.41. The van der Waals surface area contributed by atoms with Gasteiger partial charge in [-0.15, -0.1) is 10.2 Å². The molecule has 2 rings (SSSR count). The Bertz CT molecular complexity index is 675. The number of thioether (sulfide) groups is 1. The maximum absolute atomic E-state index is 13.6. The van der Waals surface area contributed by atoms with Gasteiger partial charge in [-0.25, -0.2) is 4.39 Å². The van der Waals surface area contributed by atoms with Crippen molar-refractivity contribution in [2.75, 3.05) is 11.1 Å². The van der Waals surface area contributed by atoms with E-state index in [1.807, 2.05) is 0 Å². The van der Waals surface area contributed by atoms with E-state index in [2.05, 4.69) is 15.5 Å². The molecule has 6 nitrogen and oxygen atoms in total. The maximum atomic E-state index is 13.6. The van der Waals surface area contributed by atoms with Gasteiger partial charge in [-0.05, 0) is 12.1 Å². The second kappa shape index (κ2) is 6.83. The number of carboxylic acid groups (broad SMARTS) is 1. The number of carbonyl (C=O) groups is 2. The van der Waals surface area contributed by atoms with Crippen LogP contribution in [-0.2, 0) is 4.79 Å². The first-order valence-electron chi connectivity index (χ1n) is 5.41. The standard InChI is InChI=1S/C11H7ClFN3O3S2/c12-5-2-1-3-6(13)8(5)9(19)14-10-15-16-11(21-10)20-4-7(17)18/h1-3H,4H2,(H,17,18)(H,14,15,19). The van der Waals surface area contributed by atoms with Gasteiger partial charge in [0.15, 0.2) is 4.34 Å². The van der Waals surface area contributed by atoms with E-state index in [1.165, 1.54) is 12.1 Å². The van der Waals surface area contributed by atoms with Crippen LogP contribution in [0.3, 0.4) is 0 Å². The number of hydrogen-bond donors (Lipinski definition) is 2. The molecule has 1 aromatic heterocycles. The summed E-state index contributed by atoms with van der Waals surface area (Å²) in [5.74, 6) is -2.64. The monoisotopic (exact) mass is 347 g/mol. The van der Waals surface area contributed by atoms with Gasteiger partial charge in [0.2, 0.25) is 5.13 Å². The maximum Gasteiger partial charge on any atom is 0.313 e. The highest BCUT2D eigenvalue weighted by atomic mass is 35.5. The van der Waals surface area contributed by atoms with Crippen molar-refractivity contribution in [2.24, 2.45) is 0 Å². The highest BCUT2D eigenvalue weighted by molar-refractivity contribution is 8.01. The molecular weight excluding hydrogens is 341 g/mol. The van der Waals surface area contributed by atoms with Gasteiger partial charge in [0.1, 0.15) is 5.82 Å². The Kier molecular flexibility index (Phi) is 5.10. The Balaban J connectivity index is 2.08. The fourth-order valence-electron chi connectivity index (χ4n) is 1.32. The number of halogens is 2. The lowest BCUT2D eigenvalue weighted by molar-refractivity contribution is -0.133. The largest absolute Gasteiger partial charge is 0.481 e. The normalized spacial score (nSPS) is 10.4. The summed E-state index contributed by atoms with van der Waals surface area (Å²) in [7, 11) is 0. The van der Waals surface area contributed by atoms with Gasteiger partial charge in [0.05, 0.1) is 16.3 Å². The SMILES string of the molecule is O=C(O)CSc1nnc(NC(=O)c2c(F)cccc2Cl)s1. The molecule has 1 aromatic carbocycles. The first-order valence-corrected chi connectivity index (χ1v) is 7.59. The van der Waals surface area contributed by atoms with E-state index >= 15 is 0 Å². The van der Waals surface area contributed by atoms with Crippen LogP contribution >= 0.6 is 34.7 Å². The molecule has 21 heavy (non-hydrogen) atoms. The number of rotatable bonds is 5. The molecule has 2 N–H and O–H groups in total. The smallest absolute Gasteiger partial charge is 0.313 e. The molecule has 10 heteroatoms. The molecule has 0 saturated carbocycles. The van der Waals surface area contributed by atoms with E-state index in [0.29, 0.717) is 4.34 Å². The topological polar surface area (TPSA) is 92.2 Å². The first kappa shape index (κ1) is 15.7. The van der Waals surface area contributed by atoms with Crippen molar-refractivity contribution in [1.82, 2.24) is 10.2 Å². The van der Waals surface area contributed by atoms with E-state index in [-0.39, 0.29) is 21.5 Å². The van der Waals surface area contributed by atoms with Crippen molar-refractivity contribution in [3.8, 4) is 0 Å². The number of anilines is 1. The minimum atomic E-state index is -0.987. The van der Waals surface area contributed by atoms with Crippen LogP contribution in [-0.4, -0.2) is 32.9 Å². The number of aromatic nitrogens is 2. The molecule has 0 aliphatic rings. The molecular formula is C11H7ClFN3O3S2. The Labute approximate surface area is 131 Å². The van der Waals surface area contributed by atoms with Gasteiger partial charge in [-0.3, -0.25) is 14.9 Å². The summed E-state index contributed by atoms with van der Waals surface area (Å²) >= 11 is 7.74. The minimum Gasteiger partial charge on any atom is -0.481 e. The number of aliphatic carboxylic acids is 1. The van der Waals surface area contributed by atoms with Crippen LogP contribution in [0.4, 0.5) is 9.52 Å². The average molecular weight is 348 g/mol. The summed E-state index contributed by atoms with van der Waals surface area (Å²) < 4.78 is 14.0. The minimum absolute atomic E-state index is 0.0162.